The molecular formula is C7H8Cl2N2O. The molecule has 5 heteroatoms. The summed E-state index contributed by atoms with van der Waals surface area (Å²) in [4.78, 5) is 0. The van der Waals surface area contributed by atoms with E-state index in [0.717, 1.165) is 10.9 Å². The Morgan fingerprint density at radius 2 is 2.00 bits per heavy atom. The largest absolute Gasteiger partial charge is 0.507 e. The number of aromatic amines is 1. The number of phenolic OH excluding ortho intramolecular Hbond substituents is 1. The van der Waals surface area contributed by atoms with Crippen molar-refractivity contribution in [3.05, 3.63) is 24.4 Å². The van der Waals surface area contributed by atoms with E-state index in [1.807, 2.05) is 6.07 Å². The Balaban J connectivity index is 0.000000605. The minimum absolute atomic E-state index is 0. The van der Waals surface area contributed by atoms with Crippen molar-refractivity contribution in [2.24, 2.45) is 0 Å². The zero-order chi connectivity index (χ0) is 6.97. The summed E-state index contributed by atoms with van der Waals surface area (Å²) in [6, 6.07) is 5.27. The van der Waals surface area contributed by atoms with Crippen LogP contribution in [0.5, 0.6) is 5.75 Å². The van der Waals surface area contributed by atoms with Gasteiger partial charge in [-0.05, 0) is 12.1 Å². The van der Waals surface area contributed by atoms with E-state index in [4.69, 9.17) is 0 Å². The van der Waals surface area contributed by atoms with Gasteiger partial charge in [-0.1, -0.05) is 6.07 Å². The molecule has 0 aliphatic carbocycles. The van der Waals surface area contributed by atoms with Crippen LogP contribution in [0.2, 0.25) is 0 Å². The molecular weight excluding hydrogens is 199 g/mol. The topological polar surface area (TPSA) is 48.9 Å². The summed E-state index contributed by atoms with van der Waals surface area (Å²) in [5, 5.41) is 16.5. The first kappa shape index (κ1) is 11.1. The second-order valence-electron chi connectivity index (χ2n) is 2.11. The van der Waals surface area contributed by atoms with Crippen molar-refractivity contribution < 1.29 is 5.11 Å². The van der Waals surface area contributed by atoms with Crippen LogP contribution in [-0.2, 0) is 0 Å². The lowest BCUT2D eigenvalue weighted by atomic mass is 10.2. The molecule has 1 aromatic carbocycles. The molecule has 3 nitrogen and oxygen atoms in total. The van der Waals surface area contributed by atoms with Crippen LogP contribution in [0.4, 0.5) is 0 Å². The van der Waals surface area contributed by atoms with Gasteiger partial charge in [-0.25, -0.2) is 0 Å². The molecule has 2 N–H and O–H groups in total. The zero-order valence-electron chi connectivity index (χ0n) is 6.02. The van der Waals surface area contributed by atoms with Gasteiger partial charge in [-0.2, -0.15) is 5.10 Å². The maximum absolute atomic E-state index is 9.20. The van der Waals surface area contributed by atoms with Gasteiger partial charge in [0, 0.05) is 0 Å². The van der Waals surface area contributed by atoms with Gasteiger partial charge in [0.2, 0.25) is 0 Å². The third-order valence-corrected chi connectivity index (χ3v) is 1.46. The first-order valence-electron chi connectivity index (χ1n) is 2.99. The zero-order valence-corrected chi connectivity index (χ0v) is 7.65. The third kappa shape index (κ3) is 1.62. The molecule has 12 heavy (non-hydrogen) atoms. The Morgan fingerprint density at radius 3 is 2.67 bits per heavy atom. The molecule has 0 atom stereocenters. The van der Waals surface area contributed by atoms with E-state index in [9.17, 15) is 5.11 Å². The molecule has 0 unspecified atom stereocenters. The van der Waals surface area contributed by atoms with Crippen LogP contribution in [0, 0.1) is 0 Å². The summed E-state index contributed by atoms with van der Waals surface area (Å²) in [5.74, 6) is 0.270. The fourth-order valence-electron chi connectivity index (χ4n) is 0.953. The number of halogens is 2. The van der Waals surface area contributed by atoms with Gasteiger partial charge in [-0.3, -0.25) is 5.10 Å². The maximum Gasteiger partial charge on any atom is 0.126 e. The molecule has 0 saturated carbocycles. The number of phenols is 1. The summed E-state index contributed by atoms with van der Waals surface area (Å²) in [7, 11) is 0. The summed E-state index contributed by atoms with van der Waals surface area (Å²) in [6.45, 7) is 0. The molecule has 0 amide bonds. The van der Waals surface area contributed by atoms with Crippen LogP contribution < -0.4 is 0 Å². The van der Waals surface area contributed by atoms with Gasteiger partial charge < -0.3 is 5.11 Å². The summed E-state index contributed by atoms with van der Waals surface area (Å²) in [6.07, 6.45) is 1.60. The minimum atomic E-state index is 0. The van der Waals surface area contributed by atoms with E-state index in [1.54, 1.807) is 18.3 Å². The highest BCUT2D eigenvalue weighted by molar-refractivity contribution is 5.85. The van der Waals surface area contributed by atoms with Crippen molar-refractivity contribution in [2.45, 2.75) is 0 Å². The third-order valence-electron chi connectivity index (χ3n) is 1.46. The SMILES string of the molecule is Cl.Cl.Oc1cccc2[nH]ncc12. The monoisotopic (exact) mass is 206 g/mol. The molecule has 0 saturated heterocycles. The van der Waals surface area contributed by atoms with Crippen molar-refractivity contribution in [2.75, 3.05) is 0 Å². The second-order valence-corrected chi connectivity index (χ2v) is 2.11. The molecule has 2 rings (SSSR count). The molecule has 0 bridgehead atoms. The van der Waals surface area contributed by atoms with Gasteiger partial charge in [0.1, 0.15) is 5.75 Å². The van der Waals surface area contributed by atoms with E-state index in [0.29, 0.717) is 0 Å². The molecule has 66 valence electrons. The van der Waals surface area contributed by atoms with E-state index in [2.05, 4.69) is 10.2 Å². The van der Waals surface area contributed by atoms with Crippen LogP contribution in [0.1, 0.15) is 0 Å². The average Bonchev–Trinajstić information content (AvgIpc) is 2.36. The highest BCUT2D eigenvalue weighted by Gasteiger charge is 1.97. The quantitative estimate of drug-likeness (QED) is 0.694. The van der Waals surface area contributed by atoms with Crippen LogP contribution in [0.3, 0.4) is 0 Å². The van der Waals surface area contributed by atoms with E-state index in [1.165, 1.54) is 0 Å². The van der Waals surface area contributed by atoms with E-state index >= 15 is 0 Å². The molecule has 0 radical (unpaired) electrons. The summed E-state index contributed by atoms with van der Waals surface area (Å²) < 4.78 is 0. The number of H-pyrrole nitrogens is 1. The Labute approximate surface area is 81.6 Å². The fourth-order valence-corrected chi connectivity index (χ4v) is 0.953. The molecule has 1 heterocycles. The van der Waals surface area contributed by atoms with Gasteiger partial charge >= 0.3 is 0 Å². The molecule has 0 fully saturated rings. The molecule has 1 aromatic heterocycles. The van der Waals surface area contributed by atoms with E-state index in [-0.39, 0.29) is 30.6 Å². The molecule has 2 aromatic rings. The molecule has 0 aliphatic heterocycles. The van der Waals surface area contributed by atoms with Crippen LogP contribution in [0.15, 0.2) is 24.4 Å². The normalized spacial score (nSPS) is 8.67. The highest BCUT2D eigenvalue weighted by atomic mass is 35.5. The number of hydrogen-bond acceptors (Lipinski definition) is 2. The number of rotatable bonds is 0. The number of nitrogens with one attached hydrogen (secondary N) is 1. The highest BCUT2D eigenvalue weighted by Crippen LogP contribution is 2.20. The summed E-state index contributed by atoms with van der Waals surface area (Å²) in [5.41, 5.74) is 0.861. The van der Waals surface area contributed by atoms with Crippen LogP contribution in [-0.4, -0.2) is 15.3 Å². The Hall–Kier alpha value is -0.930. The van der Waals surface area contributed by atoms with Crippen molar-refractivity contribution in [3.63, 3.8) is 0 Å². The number of aromatic hydroxyl groups is 1. The fraction of sp³-hybridized carbons (Fsp3) is 0. The van der Waals surface area contributed by atoms with Crippen molar-refractivity contribution >= 4 is 35.7 Å². The first-order valence-corrected chi connectivity index (χ1v) is 2.99. The van der Waals surface area contributed by atoms with Crippen LogP contribution >= 0.6 is 24.8 Å². The smallest absolute Gasteiger partial charge is 0.126 e. The van der Waals surface area contributed by atoms with Gasteiger partial charge in [0.15, 0.2) is 0 Å². The predicted octanol–water partition coefficient (Wildman–Crippen LogP) is 2.11. The van der Waals surface area contributed by atoms with Gasteiger partial charge in [0.25, 0.3) is 0 Å². The van der Waals surface area contributed by atoms with Gasteiger partial charge in [-0.15, -0.1) is 24.8 Å². The Morgan fingerprint density at radius 1 is 1.25 bits per heavy atom. The Kier molecular flexibility index (Phi) is 3.86. The van der Waals surface area contributed by atoms with Crippen LogP contribution in [0.25, 0.3) is 10.9 Å². The molecule has 0 spiro atoms. The standard InChI is InChI=1S/C7H6N2O.2ClH/c10-7-3-1-2-6-5(7)4-8-9-6;;/h1-4,10H,(H,8,9);2*1H. The second kappa shape index (κ2) is 4.18. The number of hydrogen-bond donors (Lipinski definition) is 2. The average molecular weight is 207 g/mol. The number of benzene rings is 1. The minimum Gasteiger partial charge on any atom is -0.507 e. The molecule has 0 aliphatic rings. The lowest BCUT2D eigenvalue weighted by Crippen LogP contribution is -1.66. The van der Waals surface area contributed by atoms with Crippen molar-refractivity contribution in [1.29, 1.82) is 0 Å². The van der Waals surface area contributed by atoms with Gasteiger partial charge in [0.05, 0.1) is 17.1 Å². The van der Waals surface area contributed by atoms with Crippen molar-refractivity contribution in [3.8, 4) is 5.75 Å². The van der Waals surface area contributed by atoms with Crippen molar-refractivity contribution in [1.82, 2.24) is 10.2 Å². The van der Waals surface area contributed by atoms with E-state index < -0.39 is 0 Å². The Bertz CT molecular complexity index is 361. The lowest BCUT2D eigenvalue weighted by Gasteiger charge is -1.89. The number of fused-ring (bicyclic) bond motifs is 1. The number of aromatic nitrogens is 2. The number of nitrogens with zero attached hydrogens (tertiary/aromatic N) is 1. The lowest BCUT2D eigenvalue weighted by molar-refractivity contribution is 0.481. The maximum atomic E-state index is 9.20. The summed E-state index contributed by atoms with van der Waals surface area (Å²) >= 11 is 0. The first-order chi connectivity index (χ1) is 4.88. The predicted molar refractivity (Wildman–Crippen MR) is 52.3 cm³/mol.